The van der Waals surface area contributed by atoms with Gasteiger partial charge < -0.3 is 0 Å². The van der Waals surface area contributed by atoms with Crippen LogP contribution in [0.1, 0.15) is 21.5 Å². The van der Waals surface area contributed by atoms with E-state index < -0.39 is 28.4 Å². The summed E-state index contributed by atoms with van der Waals surface area (Å²) in [6, 6.07) is 13.1. The minimum Gasteiger partial charge on any atom is -0.272 e. The summed E-state index contributed by atoms with van der Waals surface area (Å²) in [5.41, 5.74) is 6.80. The Hall–Kier alpha value is -2.71. The van der Waals surface area contributed by atoms with Crippen LogP contribution in [0.15, 0.2) is 53.4 Å². The minimum absolute atomic E-state index is 0.0992. The van der Waals surface area contributed by atoms with Crippen LogP contribution >= 0.6 is 0 Å². The fourth-order valence-electron chi connectivity index (χ4n) is 2.12. The Bertz CT molecular complexity index is 891. The van der Waals surface area contributed by atoms with Crippen molar-refractivity contribution < 1.29 is 18.0 Å². The van der Waals surface area contributed by atoms with Gasteiger partial charge in [-0.25, -0.2) is 8.42 Å². The van der Waals surface area contributed by atoms with E-state index in [0.717, 1.165) is 15.4 Å². The maximum Gasteiger partial charge on any atom is 0.269 e. The first-order chi connectivity index (χ1) is 12.2. The van der Waals surface area contributed by atoms with E-state index in [-0.39, 0.29) is 4.90 Å². The molecule has 0 aliphatic carbocycles. The molecular formula is C18H21N3O4S. The van der Waals surface area contributed by atoms with E-state index in [4.69, 9.17) is 0 Å². The summed E-state index contributed by atoms with van der Waals surface area (Å²) in [5, 5.41) is 0. The van der Waals surface area contributed by atoms with E-state index in [1.165, 1.54) is 19.2 Å². The number of benzene rings is 2. The molecule has 2 rings (SSSR count). The molecule has 0 bridgehead atoms. The number of nitrogens with zero attached hydrogens (tertiary/aromatic N) is 1. The molecule has 2 aromatic carbocycles. The normalized spacial score (nSPS) is 11.2. The number of hydrazine groups is 1. The molecular weight excluding hydrogens is 354 g/mol. The van der Waals surface area contributed by atoms with Crippen molar-refractivity contribution in [2.45, 2.75) is 18.7 Å². The largest absolute Gasteiger partial charge is 0.272 e. The van der Waals surface area contributed by atoms with Gasteiger partial charge in [0.15, 0.2) is 0 Å². The fourth-order valence-corrected chi connectivity index (χ4v) is 3.25. The molecule has 0 fully saturated rings. The molecule has 8 heteroatoms. The second kappa shape index (κ2) is 8.11. The van der Waals surface area contributed by atoms with Gasteiger partial charge in [0, 0.05) is 12.6 Å². The number of hydrogen-bond acceptors (Lipinski definition) is 4. The van der Waals surface area contributed by atoms with Gasteiger partial charge in [-0.05, 0) is 38.1 Å². The summed E-state index contributed by atoms with van der Waals surface area (Å²) in [4.78, 5) is 24.0. The molecule has 26 heavy (non-hydrogen) atoms. The predicted octanol–water partition coefficient (Wildman–Crippen LogP) is 1.39. The average molecular weight is 375 g/mol. The van der Waals surface area contributed by atoms with Crippen molar-refractivity contribution in [3.8, 4) is 0 Å². The monoisotopic (exact) mass is 375 g/mol. The van der Waals surface area contributed by atoms with Crippen molar-refractivity contribution in [3.05, 3.63) is 65.2 Å². The molecule has 2 N–H and O–H groups in total. The second-order valence-electron chi connectivity index (χ2n) is 5.94. The average Bonchev–Trinajstić information content (AvgIpc) is 2.60. The lowest BCUT2D eigenvalue weighted by atomic mass is 10.1. The van der Waals surface area contributed by atoms with Gasteiger partial charge in [-0.15, -0.1) is 0 Å². The summed E-state index contributed by atoms with van der Waals surface area (Å²) < 4.78 is 25.8. The van der Waals surface area contributed by atoms with E-state index in [1.807, 2.05) is 13.8 Å². The number of nitrogens with one attached hydrogen (secondary N) is 2. The Morgan fingerprint density at radius 1 is 0.885 bits per heavy atom. The molecule has 7 nitrogen and oxygen atoms in total. The molecule has 0 radical (unpaired) electrons. The molecule has 2 aromatic rings. The van der Waals surface area contributed by atoms with Gasteiger partial charge in [-0.1, -0.05) is 35.4 Å². The van der Waals surface area contributed by atoms with Crippen LogP contribution < -0.4 is 10.9 Å². The fraction of sp³-hybridized carbons (Fsp3) is 0.222. The van der Waals surface area contributed by atoms with Gasteiger partial charge in [0.1, 0.15) is 0 Å². The third-order valence-corrected chi connectivity index (χ3v) is 5.54. The zero-order valence-electron chi connectivity index (χ0n) is 14.8. The first kappa shape index (κ1) is 19.6. The number of likely N-dealkylation sites (N-methyl/N-ethyl adjacent to an activating group) is 1. The number of hydrogen-bond donors (Lipinski definition) is 2. The Balaban J connectivity index is 1.93. The Kier molecular flexibility index (Phi) is 6.12. The van der Waals surface area contributed by atoms with Crippen molar-refractivity contribution in [2.75, 3.05) is 13.6 Å². The quantitative estimate of drug-likeness (QED) is 0.772. The van der Waals surface area contributed by atoms with Gasteiger partial charge in [-0.3, -0.25) is 20.4 Å². The van der Waals surface area contributed by atoms with Crippen molar-refractivity contribution in [1.29, 1.82) is 0 Å². The van der Waals surface area contributed by atoms with Crippen molar-refractivity contribution in [3.63, 3.8) is 0 Å². The third-order valence-electron chi connectivity index (χ3n) is 3.72. The molecule has 138 valence electrons. The molecule has 0 saturated heterocycles. The van der Waals surface area contributed by atoms with Gasteiger partial charge in [-0.2, -0.15) is 4.31 Å². The van der Waals surface area contributed by atoms with Crippen LogP contribution in [-0.2, 0) is 14.8 Å². The van der Waals surface area contributed by atoms with Gasteiger partial charge >= 0.3 is 0 Å². The topological polar surface area (TPSA) is 95.6 Å². The maximum absolute atomic E-state index is 12.4. The van der Waals surface area contributed by atoms with Crippen molar-refractivity contribution in [1.82, 2.24) is 15.2 Å². The van der Waals surface area contributed by atoms with Crippen LogP contribution in [0.2, 0.25) is 0 Å². The lowest BCUT2D eigenvalue weighted by Gasteiger charge is -2.17. The van der Waals surface area contributed by atoms with E-state index in [9.17, 15) is 18.0 Å². The zero-order valence-corrected chi connectivity index (χ0v) is 15.6. The number of rotatable bonds is 5. The lowest BCUT2D eigenvalue weighted by Crippen LogP contribution is -2.46. The zero-order chi connectivity index (χ0) is 19.3. The molecule has 0 aliphatic heterocycles. The number of carbonyl (C=O) groups excluding carboxylic acids is 2. The summed E-state index contributed by atoms with van der Waals surface area (Å²) in [6.07, 6.45) is 0. The molecule has 0 unspecified atom stereocenters. The highest BCUT2D eigenvalue weighted by Crippen LogP contribution is 2.14. The maximum atomic E-state index is 12.4. The Morgan fingerprint density at radius 3 is 1.92 bits per heavy atom. The van der Waals surface area contributed by atoms with E-state index in [1.54, 1.807) is 36.4 Å². The number of sulfonamides is 1. The van der Waals surface area contributed by atoms with Crippen LogP contribution in [0.3, 0.4) is 0 Å². The first-order valence-electron chi connectivity index (χ1n) is 7.89. The second-order valence-corrected chi connectivity index (χ2v) is 7.99. The molecule has 0 aromatic heterocycles. The van der Waals surface area contributed by atoms with E-state index in [0.29, 0.717) is 5.56 Å². The predicted molar refractivity (Wildman–Crippen MR) is 97.8 cm³/mol. The molecule has 0 saturated carbocycles. The Morgan fingerprint density at radius 2 is 1.38 bits per heavy atom. The molecule has 0 atom stereocenters. The highest BCUT2D eigenvalue weighted by atomic mass is 32.2. The Labute approximate surface area is 153 Å². The summed E-state index contributed by atoms with van der Waals surface area (Å²) in [7, 11) is -2.48. The van der Waals surface area contributed by atoms with Crippen LogP contribution in [-0.4, -0.2) is 38.1 Å². The van der Waals surface area contributed by atoms with Gasteiger partial charge in [0.25, 0.3) is 11.8 Å². The highest BCUT2D eigenvalue weighted by Gasteiger charge is 2.23. The molecule has 0 spiro atoms. The SMILES string of the molecule is Cc1ccc(C(=O)NNC(=O)CN(C)S(=O)(=O)c2ccc(C)cc2)cc1. The van der Waals surface area contributed by atoms with Crippen LogP contribution in [0, 0.1) is 13.8 Å². The summed E-state index contributed by atoms with van der Waals surface area (Å²) in [5.74, 6) is -1.13. The molecule has 2 amide bonds. The van der Waals surface area contributed by atoms with Gasteiger partial charge in [0.2, 0.25) is 10.0 Å². The summed E-state index contributed by atoms with van der Waals surface area (Å²) >= 11 is 0. The molecule has 0 heterocycles. The highest BCUT2D eigenvalue weighted by molar-refractivity contribution is 7.89. The van der Waals surface area contributed by atoms with E-state index in [2.05, 4.69) is 10.9 Å². The number of aryl methyl sites for hydroxylation is 2. The summed E-state index contributed by atoms with van der Waals surface area (Å²) in [6.45, 7) is 3.32. The minimum atomic E-state index is -3.79. The van der Waals surface area contributed by atoms with Crippen molar-refractivity contribution >= 4 is 21.8 Å². The lowest BCUT2D eigenvalue weighted by molar-refractivity contribution is -0.121. The van der Waals surface area contributed by atoms with Crippen LogP contribution in [0.4, 0.5) is 0 Å². The van der Waals surface area contributed by atoms with Crippen LogP contribution in [0.5, 0.6) is 0 Å². The van der Waals surface area contributed by atoms with E-state index >= 15 is 0 Å². The van der Waals surface area contributed by atoms with Crippen molar-refractivity contribution in [2.24, 2.45) is 0 Å². The number of amides is 2. The third kappa shape index (κ3) is 4.90. The molecule has 0 aliphatic rings. The first-order valence-corrected chi connectivity index (χ1v) is 9.33. The smallest absolute Gasteiger partial charge is 0.269 e. The number of carbonyl (C=O) groups is 2. The van der Waals surface area contributed by atoms with Crippen LogP contribution in [0.25, 0.3) is 0 Å². The van der Waals surface area contributed by atoms with Gasteiger partial charge in [0.05, 0.1) is 11.4 Å². The standard InChI is InChI=1S/C18H21N3O4S/c1-13-4-8-15(9-5-13)18(23)20-19-17(22)12-21(3)26(24,25)16-10-6-14(2)7-11-16/h4-11H,12H2,1-3H3,(H,19,22)(H,20,23).